The molecule has 9 heteroatoms. The van der Waals surface area contributed by atoms with Crippen LogP contribution < -0.4 is 9.47 Å². The molecule has 0 saturated heterocycles. The summed E-state index contributed by atoms with van der Waals surface area (Å²) in [4.78, 5) is 18.4. The zero-order valence-electron chi connectivity index (χ0n) is 19.0. The summed E-state index contributed by atoms with van der Waals surface area (Å²) in [5.41, 5.74) is 2.70. The van der Waals surface area contributed by atoms with Crippen LogP contribution in [0.3, 0.4) is 0 Å². The summed E-state index contributed by atoms with van der Waals surface area (Å²) < 4.78 is 40.0. The monoisotopic (exact) mass is 459 g/mol. The van der Waals surface area contributed by atoms with E-state index in [1.54, 1.807) is 13.1 Å². The molecule has 0 unspecified atom stereocenters. The van der Waals surface area contributed by atoms with Gasteiger partial charge in [-0.25, -0.2) is 0 Å². The third kappa shape index (κ3) is 6.50. The van der Waals surface area contributed by atoms with Crippen molar-refractivity contribution in [3.63, 3.8) is 0 Å². The lowest BCUT2D eigenvalue weighted by molar-refractivity contribution is -0.130. The van der Waals surface area contributed by atoms with Gasteiger partial charge in [-0.2, -0.15) is 13.8 Å². The van der Waals surface area contributed by atoms with E-state index in [0.717, 1.165) is 5.56 Å². The molecule has 1 heterocycles. The Morgan fingerprint density at radius 2 is 1.85 bits per heavy atom. The second-order valence-electron chi connectivity index (χ2n) is 7.90. The van der Waals surface area contributed by atoms with Gasteiger partial charge in [0.15, 0.2) is 11.5 Å². The molecular weight excluding hydrogens is 432 g/mol. The van der Waals surface area contributed by atoms with Crippen molar-refractivity contribution >= 4 is 5.91 Å². The average molecular weight is 459 g/mol. The molecule has 0 aliphatic heterocycles. The molecule has 0 N–H and O–H groups in total. The number of aryl methyl sites for hydroxylation is 1. The SMILES string of the molecule is COc1ccc(CN(C)C(=O)CCc2nc(-c3ccc(C(C)C)cc3)no2)cc1OC(F)F. The number of carbonyl (C=O) groups is 1. The highest BCUT2D eigenvalue weighted by Gasteiger charge is 2.16. The topological polar surface area (TPSA) is 77.7 Å². The van der Waals surface area contributed by atoms with Crippen LogP contribution in [0, 0.1) is 0 Å². The summed E-state index contributed by atoms with van der Waals surface area (Å²) in [7, 11) is 3.00. The number of nitrogens with zero attached hydrogens (tertiary/aromatic N) is 3. The predicted molar refractivity (Wildman–Crippen MR) is 118 cm³/mol. The first-order valence-corrected chi connectivity index (χ1v) is 10.6. The second kappa shape index (κ2) is 10.9. The minimum Gasteiger partial charge on any atom is -0.493 e. The van der Waals surface area contributed by atoms with E-state index in [9.17, 15) is 13.6 Å². The molecule has 176 valence electrons. The number of carbonyl (C=O) groups excluding carboxylic acids is 1. The van der Waals surface area contributed by atoms with Crippen molar-refractivity contribution in [3.8, 4) is 22.9 Å². The van der Waals surface area contributed by atoms with Crippen molar-refractivity contribution in [2.24, 2.45) is 0 Å². The van der Waals surface area contributed by atoms with Gasteiger partial charge >= 0.3 is 6.61 Å². The highest BCUT2D eigenvalue weighted by Crippen LogP contribution is 2.30. The Hall–Kier alpha value is -3.49. The molecule has 0 spiro atoms. The molecule has 2 aromatic carbocycles. The summed E-state index contributed by atoms with van der Waals surface area (Å²) in [6.07, 6.45) is 0.462. The van der Waals surface area contributed by atoms with Crippen LogP contribution in [0.5, 0.6) is 11.5 Å². The highest BCUT2D eigenvalue weighted by atomic mass is 19.3. The highest BCUT2D eigenvalue weighted by molar-refractivity contribution is 5.76. The molecule has 0 bridgehead atoms. The van der Waals surface area contributed by atoms with Gasteiger partial charge in [0.2, 0.25) is 17.6 Å². The predicted octanol–water partition coefficient (Wildman–Crippen LogP) is 5.06. The van der Waals surface area contributed by atoms with Crippen LogP contribution in [-0.4, -0.2) is 41.7 Å². The molecule has 0 atom stereocenters. The van der Waals surface area contributed by atoms with Crippen LogP contribution in [0.15, 0.2) is 47.0 Å². The molecule has 0 aliphatic rings. The van der Waals surface area contributed by atoms with Gasteiger partial charge < -0.3 is 18.9 Å². The minimum absolute atomic E-state index is 0.0781. The number of aromatic nitrogens is 2. The fourth-order valence-corrected chi connectivity index (χ4v) is 3.27. The number of rotatable bonds is 10. The van der Waals surface area contributed by atoms with Crippen molar-refractivity contribution < 1.29 is 27.6 Å². The van der Waals surface area contributed by atoms with E-state index >= 15 is 0 Å². The molecule has 1 aromatic heterocycles. The number of hydrogen-bond donors (Lipinski definition) is 0. The average Bonchev–Trinajstić information content (AvgIpc) is 3.26. The van der Waals surface area contributed by atoms with Crippen molar-refractivity contribution in [2.45, 2.75) is 45.8 Å². The Bertz CT molecular complexity index is 1070. The zero-order valence-corrected chi connectivity index (χ0v) is 19.0. The van der Waals surface area contributed by atoms with Gasteiger partial charge in [-0.05, 0) is 29.2 Å². The molecule has 0 fully saturated rings. The summed E-state index contributed by atoms with van der Waals surface area (Å²) in [6.45, 7) is 1.50. The lowest BCUT2D eigenvalue weighted by atomic mass is 10.0. The van der Waals surface area contributed by atoms with Gasteiger partial charge in [0.1, 0.15) is 0 Å². The van der Waals surface area contributed by atoms with Crippen LogP contribution in [0.4, 0.5) is 8.78 Å². The Morgan fingerprint density at radius 1 is 1.12 bits per heavy atom. The number of alkyl halides is 2. The summed E-state index contributed by atoms with van der Waals surface area (Å²) >= 11 is 0. The van der Waals surface area contributed by atoms with Crippen LogP contribution in [0.25, 0.3) is 11.4 Å². The van der Waals surface area contributed by atoms with Gasteiger partial charge in [0, 0.05) is 32.0 Å². The van der Waals surface area contributed by atoms with Gasteiger partial charge in [0.25, 0.3) is 0 Å². The van der Waals surface area contributed by atoms with Gasteiger partial charge in [-0.3, -0.25) is 4.79 Å². The van der Waals surface area contributed by atoms with Crippen LogP contribution in [-0.2, 0) is 17.8 Å². The molecule has 0 saturated carbocycles. The summed E-state index contributed by atoms with van der Waals surface area (Å²) in [5, 5.41) is 4.00. The number of hydrogen-bond acceptors (Lipinski definition) is 6. The van der Waals surface area contributed by atoms with Crippen molar-refractivity contribution in [2.75, 3.05) is 14.2 Å². The number of ether oxygens (including phenoxy) is 2. The zero-order chi connectivity index (χ0) is 24.0. The Kier molecular flexibility index (Phi) is 7.97. The molecule has 0 radical (unpaired) electrons. The number of halogens is 2. The Balaban J connectivity index is 1.57. The normalized spacial score (nSPS) is 11.2. The Morgan fingerprint density at radius 3 is 2.48 bits per heavy atom. The van der Waals surface area contributed by atoms with Crippen molar-refractivity contribution in [1.29, 1.82) is 0 Å². The third-order valence-electron chi connectivity index (χ3n) is 5.15. The van der Waals surface area contributed by atoms with Gasteiger partial charge in [-0.15, -0.1) is 0 Å². The quantitative estimate of drug-likeness (QED) is 0.422. The summed E-state index contributed by atoms with van der Waals surface area (Å²) in [6, 6.07) is 12.6. The van der Waals surface area contributed by atoms with Gasteiger partial charge in [-0.1, -0.05) is 49.3 Å². The van der Waals surface area contributed by atoms with Gasteiger partial charge in [0.05, 0.1) is 7.11 Å². The number of amides is 1. The molecule has 1 amide bonds. The maximum absolute atomic E-state index is 12.6. The molecule has 0 aliphatic carbocycles. The fourth-order valence-electron chi connectivity index (χ4n) is 3.27. The van der Waals surface area contributed by atoms with E-state index in [1.165, 1.54) is 29.7 Å². The molecule has 7 nitrogen and oxygen atoms in total. The summed E-state index contributed by atoms with van der Waals surface area (Å²) in [5.74, 6) is 1.25. The molecule has 33 heavy (non-hydrogen) atoms. The van der Waals surface area contributed by atoms with Crippen LogP contribution >= 0.6 is 0 Å². The lowest BCUT2D eigenvalue weighted by Gasteiger charge is -2.18. The van der Waals surface area contributed by atoms with E-state index in [2.05, 4.69) is 28.7 Å². The largest absolute Gasteiger partial charge is 0.493 e. The standard InChI is InChI=1S/C24H27F2N3O4/c1-15(2)17-6-8-18(9-7-17)23-27-21(33-28-23)11-12-22(30)29(3)14-16-5-10-19(31-4)20(13-16)32-24(25)26/h5-10,13,15,24H,11-12,14H2,1-4H3. The van der Waals surface area contributed by atoms with E-state index < -0.39 is 6.61 Å². The number of benzene rings is 2. The maximum atomic E-state index is 12.6. The Labute approximate surface area is 191 Å². The smallest absolute Gasteiger partial charge is 0.387 e. The molecular formula is C24H27F2N3O4. The maximum Gasteiger partial charge on any atom is 0.387 e. The molecule has 3 aromatic rings. The first-order valence-electron chi connectivity index (χ1n) is 10.6. The van der Waals surface area contributed by atoms with E-state index in [-0.39, 0.29) is 30.4 Å². The van der Waals surface area contributed by atoms with Crippen LogP contribution in [0.2, 0.25) is 0 Å². The minimum atomic E-state index is -2.97. The van der Waals surface area contributed by atoms with E-state index in [4.69, 9.17) is 9.26 Å². The first kappa shape index (κ1) is 24.2. The van der Waals surface area contributed by atoms with Crippen molar-refractivity contribution in [3.05, 3.63) is 59.5 Å². The second-order valence-corrected chi connectivity index (χ2v) is 7.90. The van der Waals surface area contributed by atoms with Crippen LogP contribution in [0.1, 0.15) is 43.2 Å². The van der Waals surface area contributed by atoms with Crippen molar-refractivity contribution in [1.82, 2.24) is 15.0 Å². The van der Waals surface area contributed by atoms with E-state index in [1.807, 2.05) is 24.3 Å². The van der Waals surface area contributed by atoms with E-state index in [0.29, 0.717) is 29.6 Å². The third-order valence-corrected chi connectivity index (χ3v) is 5.15. The fraction of sp³-hybridized carbons (Fsp3) is 0.375. The number of methoxy groups -OCH3 is 1. The molecule has 3 rings (SSSR count). The first-order chi connectivity index (χ1) is 15.8. The lowest BCUT2D eigenvalue weighted by Crippen LogP contribution is -2.26.